The fourth-order valence-corrected chi connectivity index (χ4v) is 10.2. The number of amides is 1. The van der Waals surface area contributed by atoms with E-state index >= 15 is 0 Å². The average molecular weight is 798 g/mol. The van der Waals surface area contributed by atoms with Crippen LogP contribution in [-0.4, -0.2) is 139 Å². The highest BCUT2D eigenvalue weighted by Crippen LogP contribution is 2.34. The molecule has 5 saturated heterocycles. The van der Waals surface area contributed by atoms with Crippen LogP contribution < -0.4 is 20.5 Å². The summed E-state index contributed by atoms with van der Waals surface area (Å²) in [6, 6.07) is 14.9. The number of fused-ring (bicyclic) bond motifs is 3. The molecule has 2 aromatic carbocycles. The maximum Gasteiger partial charge on any atom is 0.267 e. The number of aromatic nitrogens is 1. The molecule has 0 spiro atoms. The number of carbonyl (C=O) groups is 1. The van der Waals surface area contributed by atoms with Crippen LogP contribution >= 0.6 is 0 Å². The third kappa shape index (κ3) is 10.2. The number of ether oxygens (including phenoxy) is 2. The highest BCUT2D eigenvalue weighted by molar-refractivity contribution is 5.99. The van der Waals surface area contributed by atoms with Crippen LogP contribution in [0.5, 0.6) is 11.5 Å². The predicted octanol–water partition coefficient (Wildman–Crippen LogP) is 5.83. The van der Waals surface area contributed by atoms with Crippen molar-refractivity contribution < 1.29 is 23.8 Å². The van der Waals surface area contributed by atoms with E-state index in [1.165, 1.54) is 77.7 Å². The van der Waals surface area contributed by atoms with Gasteiger partial charge in [0.05, 0.1) is 24.9 Å². The molecule has 0 unspecified atom stereocenters. The van der Waals surface area contributed by atoms with Gasteiger partial charge in [0.25, 0.3) is 5.91 Å². The third-order valence-corrected chi connectivity index (χ3v) is 13.7. The van der Waals surface area contributed by atoms with Gasteiger partial charge in [-0.05, 0) is 127 Å². The number of nitrogens with two attached hydrogens (primary N) is 1. The number of aromatic amines is 1. The topological polar surface area (TPSA) is 136 Å². The summed E-state index contributed by atoms with van der Waals surface area (Å²) in [6.07, 6.45) is 14.9. The average Bonchev–Trinajstić information content (AvgIpc) is 3.90. The Labute approximate surface area is 344 Å². The van der Waals surface area contributed by atoms with Gasteiger partial charge in [-0.3, -0.25) is 4.79 Å². The van der Waals surface area contributed by atoms with Gasteiger partial charge in [0.2, 0.25) is 0 Å². The second-order valence-corrected chi connectivity index (χ2v) is 17.6. The quantitative estimate of drug-likeness (QED) is 0.147. The van der Waals surface area contributed by atoms with Gasteiger partial charge in [-0.25, -0.2) is 0 Å². The molecule has 58 heavy (non-hydrogen) atoms. The van der Waals surface area contributed by atoms with Crippen molar-refractivity contribution in [3.05, 3.63) is 60.0 Å². The highest BCUT2D eigenvalue weighted by atomic mass is 16.5. The summed E-state index contributed by atoms with van der Waals surface area (Å²) in [7, 11) is 1.65. The van der Waals surface area contributed by atoms with Crippen LogP contribution in [0.25, 0.3) is 21.9 Å². The van der Waals surface area contributed by atoms with E-state index in [0.29, 0.717) is 24.1 Å². The highest BCUT2D eigenvalue weighted by Gasteiger charge is 2.34. The van der Waals surface area contributed by atoms with Crippen LogP contribution in [0.4, 0.5) is 0 Å². The summed E-state index contributed by atoms with van der Waals surface area (Å²) < 4.78 is 17.4. The number of likely N-dealkylation sites (tertiary alicyclic amines) is 3. The van der Waals surface area contributed by atoms with Crippen LogP contribution in [0, 0.1) is 5.92 Å². The number of aliphatic hydroxyl groups excluding tert-OH is 1. The van der Waals surface area contributed by atoms with Crippen molar-refractivity contribution in [2.24, 2.45) is 11.7 Å². The van der Waals surface area contributed by atoms with Gasteiger partial charge in [-0.15, -0.1) is 0 Å². The molecule has 12 nitrogen and oxygen atoms in total. The van der Waals surface area contributed by atoms with E-state index in [1.807, 2.05) is 42.5 Å². The summed E-state index contributed by atoms with van der Waals surface area (Å²) >= 11 is 0. The number of aliphatic hydroxyl groups is 1. The Balaban J connectivity index is 0.000000217. The Morgan fingerprint density at radius 2 is 1.55 bits per heavy atom. The predicted molar refractivity (Wildman–Crippen MR) is 230 cm³/mol. The van der Waals surface area contributed by atoms with E-state index in [0.717, 1.165) is 110 Å². The zero-order valence-electron chi connectivity index (χ0n) is 34.7. The molecule has 5 aliphatic heterocycles. The second kappa shape index (κ2) is 19.6. The van der Waals surface area contributed by atoms with E-state index in [9.17, 15) is 9.90 Å². The van der Waals surface area contributed by atoms with Crippen LogP contribution in [0.15, 0.2) is 53.1 Å². The molecule has 5 fully saturated rings. The fraction of sp³-hybridized carbons (Fsp3) is 0.630. The lowest BCUT2D eigenvalue weighted by Gasteiger charge is -2.46. The Morgan fingerprint density at radius 1 is 0.845 bits per heavy atom. The number of H-pyrrole nitrogens is 1. The van der Waals surface area contributed by atoms with E-state index < -0.39 is 0 Å². The lowest BCUT2D eigenvalue weighted by atomic mass is 9.83. The SMILES string of the molecule is COc1cccc2occ(COc3cccc4[nH]c(C(=O)NC5CCN(CCN6CCC(O)CC6)CC5)cc34)c12.NC1CCN(C[C@@H]2CCCN3CCCC[C@H]23)CC1. The Morgan fingerprint density at radius 3 is 2.33 bits per heavy atom. The standard InChI is InChI=1S/C31H38N4O5.C15H29N3/c1-38-28-6-3-7-29-30(28)21(20-40-29)19-39-27-5-2-4-25-24(27)18-26(33-25)31(37)32-22-8-12-34(13-9-22)16-17-35-14-10-23(36)11-15-35;16-14-6-10-17(11-7-14)12-13-4-3-9-18-8-2-1-5-15(13)18/h2-7,18,20,22-23,33,36H,8-17,19H2,1H3,(H,32,37);13-15H,1-12,16H2/t;13-,15+/m.0/s1. The van der Waals surface area contributed by atoms with E-state index in [-0.39, 0.29) is 18.1 Å². The molecule has 12 heteroatoms. The number of furan rings is 1. The lowest BCUT2D eigenvalue weighted by Crippen LogP contribution is -2.52. The minimum atomic E-state index is -0.126. The van der Waals surface area contributed by atoms with E-state index in [2.05, 4.69) is 29.9 Å². The maximum atomic E-state index is 13.1. The maximum absolute atomic E-state index is 13.1. The molecular formula is C46H67N7O5. The summed E-state index contributed by atoms with van der Waals surface area (Å²) in [5.74, 6) is 2.30. The molecule has 1 amide bonds. The number of piperidine rings is 5. The monoisotopic (exact) mass is 798 g/mol. The summed E-state index contributed by atoms with van der Waals surface area (Å²) in [5.41, 5.74) is 9.05. The van der Waals surface area contributed by atoms with Crippen molar-refractivity contribution in [3.8, 4) is 11.5 Å². The van der Waals surface area contributed by atoms with Gasteiger partial charge in [0.1, 0.15) is 29.4 Å². The van der Waals surface area contributed by atoms with Gasteiger partial charge in [-0.2, -0.15) is 0 Å². The van der Waals surface area contributed by atoms with Crippen molar-refractivity contribution >= 4 is 27.8 Å². The first-order chi connectivity index (χ1) is 28.4. The van der Waals surface area contributed by atoms with Gasteiger partial charge >= 0.3 is 0 Å². The lowest BCUT2D eigenvalue weighted by molar-refractivity contribution is 0.0361. The number of carbonyl (C=O) groups excluding carboxylic acids is 1. The summed E-state index contributed by atoms with van der Waals surface area (Å²) in [5, 5.41) is 14.7. The molecule has 4 aromatic rings. The van der Waals surface area contributed by atoms with Crippen molar-refractivity contribution in [1.82, 2.24) is 29.9 Å². The molecule has 0 saturated carbocycles. The Bertz CT molecular complexity index is 1900. The van der Waals surface area contributed by atoms with Gasteiger partial charge in [0.15, 0.2) is 0 Å². The smallest absolute Gasteiger partial charge is 0.267 e. The van der Waals surface area contributed by atoms with Crippen LogP contribution in [0.2, 0.25) is 0 Å². The number of hydrogen-bond acceptors (Lipinski definition) is 10. The molecule has 5 N–H and O–H groups in total. The van der Waals surface area contributed by atoms with Gasteiger partial charge in [0, 0.05) is 80.4 Å². The zero-order chi connectivity index (χ0) is 39.8. The van der Waals surface area contributed by atoms with Crippen LogP contribution in [0.1, 0.15) is 86.7 Å². The molecule has 316 valence electrons. The van der Waals surface area contributed by atoms with Gasteiger partial charge < -0.3 is 54.6 Å². The minimum absolute atomic E-state index is 0.0851. The van der Waals surface area contributed by atoms with Gasteiger partial charge in [-0.1, -0.05) is 18.6 Å². The third-order valence-electron chi connectivity index (χ3n) is 13.7. The molecule has 9 rings (SSSR count). The number of benzene rings is 2. The van der Waals surface area contributed by atoms with Crippen molar-refractivity contribution in [2.75, 3.05) is 79.1 Å². The van der Waals surface area contributed by atoms with Crippen molar-refractivity contribution in [1.29, 1.82) is 0 Å². The fourth-order valence-electron chi connectivity index (χ4n) is 10.2. The molecule has 0 aliphatic carbocycles. The van der Waals surface area contributed by atoms with Crippen LogP contribution in [0.3, 0.4) is 0 Å². The molecule has 0 radical (unpaired) electrons. The second-order valence-electron chi connectivity index (χ2n) is 17.6. The first-order valence-electron chi connectivity index (χ1n) is 22.3. The molecule has 2 atom stereocenters. The normalized spacial score (nSPS) is 23.7. The van der Waals surface area contributed by atoms with E-state index in [4.69, 9.17) is 19.6 Å². The van der Waals surface area contributed by atoms with Crippen molar-refractivity contribution in [2.45, 2.75) is 101 Å². The summed E-state index contributed by atoms with van der Waals surface area (Å²) in [4.78, 5) is 26.8. The largest absolute Gasteiger partial charge is 0.496 e. The number of nitrogens with zero attached hydrogens (tertiary/aromatic N) is 4. The number of methoxy groups -OCH3 is 1. The summed E-state index contributed by atoms with van der Waals surface area (Å²) in [6.45, 7) is 12.9. The Kier molecular flexibility index (Phi) is 13.9. The molecule has 2 aromatic heterocycles. The Hall–Kier alpha value is -3.65. The molecule has 5 aliphatic rings. The molecular weight excluding hydrogens is 731 g/mol. The van der Waals surface area contributed by atoms with Crippen LogP contribution in [-0.2, 0) is 6.61 Å². The van der Waals surface area contributed by atoms with Crippen molar-refractivity contribution in [3.63, 3.8) is 0 Å². The minimum Gasteiger partial charge on any atom is -0.496 e. The first kappa shape index (κ1) is 41.1. The molecule has 7 heterocycles. The number of rotatable bonds is 11. The zero-order valence-corrected chi connectivity index (χ0v) is 34.7. The molecule has 0 bridgehead atoms. The van der Waals surface area contributed by atoms with E-state index in [1.54, 1.807) is 13.4 Å². The first-order valence-corrected chi connectivity index (χ1v) is 22.3. The number of nitrogens with one attached hydrogen (secondary N) is 2. The number of hydrogen-bond donors (Lipinski definition) is 4.